The molecule has 2 heteroatoms. The SMILES string of the molecule is C1CCC2SCC[NH2+]C2C1. The number of hydrogen-bond donors (Lipinski definition) is 1. The third-order valence-electron chi connectivity index (χ3n) is 2.67. The zero-order valence-electron chi connectivity index (χ0n) is 6.38. The van der Waals surface area contributed by atoms with Crippen molar-refractivity contribution in [3.8, 4) is 0 Å². The maximum absolute atomic E-state index is 2.57. The zero-order valence-corrected chi connectivity index (χ0v) is 7.20. The van der Waals surface area contributed by atoms with Gasteiger partial charge in [0.2, 0.25) is 0 Å². The van der Waals surface area contributed by atoms with E-state index in [9.17, 15) is 0 Å². The second-order valence-corrected chi connectivity index (χ2v) is 4.73. The Morgan fingerprint density at radius 2 is 2.10 bits per heavy atom. The van der Waals surface area contributed by atoms with Gasteiger partial charge in [0.1, 0.15) is 0 Å². The molecular formula is C8H16NS+. The minimum atomic E-state index is 0.993. The second-order valence-electron chi connectivity index (χ2n) is 3.38. The van der Waals surface area contributed by atoms with Crippen LogP contribution in [0.15, 0.2) is 0 Å². The van der Waals surface area contributed by atoms with E-state index in [-0.39, 0.29) is 0 Å². The van der Waals surface area contributed by atoms with Crippen molar-refractivity contribution in [1.82, 2.24) is 0 Å². The topological polar surface area (TPSA) is 16.6 Å². The van der Waals surface area contributed by atoms with Gasteiger partial charge in [0.05, 0.1) is 17.8 Å². The molecule has 0 bridgehead atoms. The second kappa shape index (κ2) is 3.14. The van der Waals surface area contributed by atoms with Gasteiger partial charge in [-0.05, 0) is 12.8 Å². The van der Waals surface area contributed by atoms with E-state index < -0.39 is 0 Å². The Morgan fingerprint density at radius 3 is 3.00 bits per heavy atom. The molecule has 1 aliphatic carbocycles. The van der Waals surface area contributed by atoms with Crippen LogP contribution in [0, 0.1) is 0 Å². The monoisotopic (exact) mass is 158 g/mol. The molecule has 0 amide bonds. The summed E-state index contributed by atoms with van der Waals surface area (Å²) in [6.07, 6.45) is 5.95. The fourth-order valence-corrected chi connectivity index (χ4v) is 3.51. The highest BCUT2D eigenvalue weighted by Crippen LogP contribution is 2.27. The number of nitrogens with two attached hydrogens (primary N) is 1. The average Bonchev–Trinajstić information content (AvgIpc) is 2.05. The molecule has 0 aromatic carbocycles. The van der Waals surface area contributed by atoms with Gasteiger partial charge in [0.15, 0.2) is 0 Å². The highest BCUT2D eigenvalue weighted by Gasteiger charge is 2.30. The minimum Gasteiger partial charge on any atom is -0.342 e. The first kappa shape index (κ1) is 6.99. The summed E-state index contributed by atoms with van der Waals surface area (Å²) in [4.78, 5) is 0. The van der Waals surface area contributed by atoms with Gasteiger partial charge in [0, 0.05) is 12.2 Å². The lowest BCUT2D eigenvalue weighted by Gasteiger charge is -2.32. The molecule has 1 saturated heterocycles. The van der Waals surface area contributed by atoms with E-state index in [1.54, 1.807) is 0 Å². The Labute approximate surface area is 67.0 Å². The Bertz CT molecular complexity index is 89.8. The Morgan fingerprint density at radius 1 is 1.20 bits per heavy atom. The van der Waals surface area contributed by atoms with E-state index in [0.717, 1.165) is 11.3 Å². The predicted molar refractivity (Wildman–Crippen MR) is 45.3 cm³/mol. The van der Waals surface area contributed by atoms with Gasteiger partial charge in [-0.25, -0.2) is 0 Å². The van der Waals surface area contributed by atoms with Crippen molar-refractivity contribution in [1.29, 1.82) is 0 Å². The van der Waals surface area contributed by atoms with E-state index in [4.69, 9.17) is 0 Å². The predicted octanol–water partition coefficient (Wildman–Crippen LogP) is 0.608. The number of quaternary nitrogens is 1. The van der Waals surface area contributed by atoms with Crippen molar-refractivity contribution in [3.05, 3.63) is 0 Å². The van der Waals surface area contributed by atoms with Crippen LogP contribution in [0.4, 0.5) is 0 Å². The molecule has 0 spiro atoms. The van der Waals surface area contributed by atoms with Crippen LogP contribution in [0.25, 0.3) is 0 Å². The summed E-state index contributed by atoms with van der Waals surface area (Å²) < 4.78 is 0. The molecule has 2 rings (SSSR count). The Hall–Kier alpha value is 0.310. The molecule has 1 heterocycles. The van der Waals surface area contributed by atoms with Crippen LogP contribution >= 0.6 is 11.8 Å². The van der Waals surface area contributed by atoms with Crippen molar-refractivity contribution in [2.75, 3.05) is 12.3 Å². The van der Waals surface area contributed by atoms with E-state index in [1.807, 2.05) is 0 Å². The summed E-state index contributed by atoms with van der Waals surface area (Å²) in [5, 5.41) is 3.59. The summed E-state index contributed by atoms with van der Waals surface area (Å²) >= 11 is 2.22. The van der Waals surface area contributed by atoms with Crippen LogP contribution in [0.3, 0.4) is 0 Å². The average molecular weight is 158 g/mol. The Kier molecular flexibility index (Phi) is 2.19. The van der Waals surface area contributed by atoms with Crippen molar-refractivity contribution < 1.29 is 5.32 Å². The normalized spacial score (nSPS) is 40.8. The lowest BCUT2D eigenvalue weighted by atomic mass is 9.95. The molecule has 2 N–H and O–H groups in total. The number of rotatable bonds is 0. The smallest absolute Gasteiger partial charge is 0.0979 e. The summed E-state index contributed by atoms with van der Waals surface area (Å²) in [5.41, 5.74) is 0. The van der Waals surface area contributed by atoms with E-state index in [1.165, 1.54) is 38.0 Å². The lowest BCUT2D eigenvalue weighted by molar-refractivity contribution is -0.689. The van der Waals surface area contributed by atoms with Crippen LogP contribution in [-0.4, -0.2) is 23.6 Å². The summed E-state index contributed by atoms with van der Waals surface area (Å²) in [7, 11) is 0. The lowest BCUT2D eigenvalue weighted by Crippen LogP contribution is -2.94. The van der Waals surface area contributed by atoms with Crippen molar-refractivity contribution in [2.24, 2.45) is 0 Å². The van der Waals surface area contributed by atoms with Crippen LogP contribution in [0.1, 0.15) is 25.7 Å². The van der Waals surface area contributed by atoms with E-state index >= 15 is 0 Å². The van der Waals surface area contributed by atoms with Gasteiger partial charge in [0.25, 0.3) is 0 Å². The van der Waals surface area contributed by atoms with Crippen molar-refractivity contribution >= 4 is 11.8 Å². The van der Waals surface area contributed by atoms with E-state index in [2.05, 4.69) is 17.1 Å². The number of thioether (sulfide) groups is 1. The molecular weight excluding hydrogens is 142 g/mol. The molecule has 2 atom stereocenters. The molecule has 2 unspecified atom stereocenters. The van der Waals surface area contributed by atoms with Gasteiger partial charge < -0.3 is 5.32 Å². The molecule has 1 nitrogen and oxygen atoms in total. The summed E-state index contributed by atoms with van der Waals surface area (Å²) in [5.74, 6) is 1.39. The van der Waals surface area contributed by atoms with Crippen molar-refractivity contribution in [3.63, 3.8) is 0 Å². The molecule has 2 aliphatic rings. The van der Waals surface area contributed by atoms with Gasteiger partial charge >= 0.3 is 0 Å². The summed E-state index contributed by atoms with van der Waals surface area (Å²) in [6, 6.07) is 0.993. The number of fused-ring (bicyclic) bond motifs is 1. The van der Waals surface area contributed by atoms with Gasteiger partial charge in [-0.2, -0.15) is 0 Å². The van der Waals surface area contributed by atoms with Crippen LogP contribution in [-0.2, 0) is 0 Å². The molecule has 0 aromatic heterocycles. The van der Waals surface area contributed by atoms with Crippen molar-refractivity contribution in [2.45, 2.75) is 37.0 Å². The van der Waals surface area contributed by atoms with Gasteiger partial charge in [-0.15, -0.1) is 11.8 Å². The highest BCUT2D eigenvalue weighted by atomic mass is 32.2. The maximum Gasteiger partial charge on any atom is 0.0979 e. The van der Waals surface area contributed by atoms with Crippen LogP contribution in [0.2, 0.25) is 0 Å². The third-order valence-corrected chi connectivity index (χ3v) is 4.16. The van der Waals surface area contributed by atoms with Crippen LogP contribution < -0.4 is 5.32 Å². The molecule has 1 saturated carbocycles. The highest BCUT2D eigenvalue weighted by molar-refractivity contribution is 8.00. The van der Waals surface area contributed by atoms with E-state index in [0.29, 0.717) is 0 Å². The maximum atomic E-state index is 2.57. The minimum absolute atomic E-state index is 0.993. The molecule has 0 radical (unpaired) electrons. The molecule has 58 valence electrons. The fraction of sp³-hybridized carbons (Fsp3) is 1.00. The van der Waals surface area contributed by atoms with Crippen LogP contribution in [0.5, 0.6) is 0 Å². The quantitative estimate of drug-likeness (QED) is 0.546. The standard InChI is InChI=1S/C8H15NS/c1-2-4-8-7(3-1)9-5-6-10-8/h7-9H,1-6H2/p+1. The van der Waals surface area contributed by atoms with Gasteiger partial charge in [-0.1, -0.05) is 6.42 Å². The first-order chi connectivity index (χ1) is 4.97. The molecule has 10 heavy (non-hydrogen) atoms. The first-order valence-electron chi connectivity index (χ1n) is 4.42. The molecule has 1 aliphatic heterocycles. The van der Waals surface area contributed by atoms with Gasteiger partial charge in [-0.3, -0.25) is 0 Å². The Balaban J connectivity index is 1.93. The number of hydrogen-bond acceptors (Lipinski definition) is 1. The largest absolute Gasteiger partial charge is 0.342 e. The third kappa shape index (κ3) is 1.32. The zero-order chi connectivity index (χ0) is 6.81. The fourth-order valence-electron chi connectivity index (χ4n) is 2.10. The summed E-state index contributed by atoms with van der Waals surface area (Å²) in [6.45, 7) is 1.37. The molecule has 0 aromatic rings. The molecule has 2 fully saturated rings. The first-order valence-corrected chi connectivity index (χ1v) is 5.46.